The van der Waals surface area contributed by atoms with Crippen LogP contribution < -0.4 is 0 Å². The Morgan fingerprint density at radius 3 is 1.87 bits per heavy atom. The number of benzene rings is 1. The van der Waals surface area contributed by atoms with Crippen LogP contribution in [0, 0.1) is 0 Å². The van der Waals surface area contributed by atoms with Gasteiger partial charge in [-0.1, -0.05) is 21.6 Å². The van der Waals surface area contributed by atoms with E-state index >= 15 is 0 Å². The zero-order valence-electron chi connectivity index (χ0n) is 7.76. The highest BCUT2D eigenvalue weighted by atomic mass is 33.1. The average Bonchev–Trinajstić information content (AvgIpc) is 2.17. The van der Waals surface area contributed by atoms with Crippen LogP contribution in [0.25, 0.3) is 0 Å². The van der Waals surface area contributed by atoms with E-state index in [1.807, 2.05) is 6.26 Å². The third-order valence-electron chi connectivity index (χ3n) is 1.58. The standard InChI is InChI=1S/C9H8O4S2/c1-14-15-7-3-5(8(10)11)2-6(4-7)9(12)13/h2-4H,1H3,(H,10,11)(H,12,13). The molecule has 0 bridgehead atoms. The van der Waals surface area contributed by atoms with Gasteiger partial charge >= 0.3 is 11.9 Å². The zero-order valence-corrected chi connectivity index (χ0v) is 9.39. The monoisotopic (exact) mass is 244 g/mol. The number of carbonyl (C=O) groups is 2. The quantitative estimate of drug-likeness (QED) is 0.792. The van der Waals surface area contributed by atoms with Crippen LogP contribution in [0.15, 0.2) is 23.1 Å². The summed E-state index contributed by atoms with van der Waals surface area (Å²) in [4.78, 5) is 22.1. The lowest BCUT2D eigenvalue weighted by atomic mass is 10.1. The van der Waals surface area contributed by atoms with Crippen LogP contribution in [-0.2, 0) is 0 Å². The fourth-order valence-corrected chi connectivity index (χ4v) is 2.40. The number of hydrogen-bond acceptors (Lipinski definition) is 4. The topological polar surface area (TPSA) is 74.6 Å². The van der Waals surface area contributed by atoms with Gasteiger partial charge in [-0.05, 0) is 24.5 Å². The second-order valence-corrected chi connectivity index (χ2v) is 5.08. The molecule has 0 atom stereocenters. The molecule has 0 heterocycles. The fraction of sp³-hybridized carbons (Fsp3) is 0.111. The Kier molecular flexibility index (Phi) is 4.05. The SMILES string of the molecule is CSSc1cc(C(=O)O)cc(C(=O)O)c1. The number of carboxylic acids is 2. The lowest BCUT2D eigenvalue weighted by molar-refractivity contribution is 0.0696. The van der Waals surface area contributed by atoms with Gasteiger partial charge in [-0.25, -0.2) is 9.59 Å². The summed E-state index contributed by atoms with van der Waals surface area (Å²) in [5, 5.41) is 17.5. The van der Waals surface area contributed by atoms with Crippen molar-refractivity contribution in [2.45, 2.75) is 4.90 Å². The summed E-state index contributed by atoms with van der Waals surface area (Å²) in [5.74, 6) is -2.25. The summed E-state index contributed by atoms with van der Waals surface area (Å²) in [6.45, 7) is 0. The molecule has 0 unspecified atom stereocenters. The van der Waals surface area contributed by atoms with Crippen molar-refractivity contribution in [1.29, 1.82) is 0 Å². The number of carboxylic acid groups (broad SMARTS) is 2. The van der Waals surface area contributed by atoms with Crippen molar-refractivity contribution in [2.75, 3.05) is 6.26 Å². The molecule has 1 rings (SSSR count). The normalized spacial score (nSPS) is 9.93. The highest BCUT2D eigenvalue weighted by molar-refractivity contribution is 8.76. The summed E-state index contributed by atoms with van der Waals surface area (Å²) in [6, 6.07) is 4.06. The maximum absolute atomic E-state index is 10.7. The van der Waals surface area contributed by atoms with Gasteiger partial charge in [-0.3, -0.25) is 0 Å². The second kappa shape index (κ2) is 5.09. The minimum atomic E-state index is -1.12. The van der Waals surface area contributed by atoms with Crippen LogP contribution in [0.1, 0.15) is 20.7 Å². The number of rotatable bonds is 4. The van der Waals surface area contributed by atoms with E-state index in [0.717, 1.165) is 6.07 Å². The molecule has 0 spiro atoms. The van der Waals surface area contributed by atoms with E-state index in [0.29, 0.717) is 4.90 Å². The van der Waals surface area contributed by atoms with Crippen LogP contribution in [0.2, 0.25) is 0 Å². The minimum absolute atomic E-state index is 0.00792. The number of aromatic carboxylic acids is 2. The van der Waals surface area contributed by atoms with E-state index < -0.39 is 11.9 Å². The van der Waals surface area contributed by atoms with Crippen molar-refractivity contribution in [2.24, 2.45) is 0 Å². The first kappa shape index (κ1) is 11.9. The van der Waals surface area contributed by atoms with E-state index in [1.54, 1.807) is 0 Å². The summed E-state index contributed by atoms with van der Waals surface area (Å²) in [6.07, 6.45) is 1.83. The summed E-state index contributed by atoms with van der Waals surface area (Å²) in [5.41, 5.74) is -0.0158. The summed E-state index contributed by atoms with van der Waals surface area (Å²) in [7, 11) is 2.75. The van der Waals surface area contributed by atoms with Gasteiger partial charge in [0.05, 0.1) is 11.1 Å². The predicted octanol–water partition coefficient (Wildman–Crippen LogP) is 2.45. The molecule has 0 amide bonds. The molecule has 6 heteroatoms. The summed E-state index contributed by atoms with van der Waals surface area (Å²) < 4.78 is 0. The number of hydrogen-bond donors (Lipinski definition) is 2. The van der Waals surface area contributed by atoms with Crippen LogP contribution in [-0.4, -0.2) is 28.4 Å². The highest BCUT2D eigenvalue weighted by Gasteiger charge is 2.11. The Morgan fingerprint density at radius 2 is 1.53 bits per heavy atom. The molecule has 15 heavy (non-hydrogen) atoms. The van der Waals surface area contributed by atoms with Gasteiger partial charge in [0.1, 0.15) is 0 Å². The van der Waals surface area contributed by atoms with Crippen LogP contribution >= 0.6 is 21.6 Å². The zero-order chi connectivity index (χ0) is 11.4. The second-order valence-electron chi connectivity index (χ2n) is 2.61. The van der Waals surface area contributed by atoms with E-state index in [-0.39, 0.29) is 11.1 Å². The Morgan fingerprint density at radius 1 is 1.07 bits per heavy atom. The van der Waals surface area contributed by atoms with E-state index in [1.165, 1.54) is 33.7 Å². The molecule has 1 aromatic rings. The van der Waals surface area contributed by atoms with Gasteiger partial charge in [0.2, 0.25) is 0 Å². The Labute approximate surface area is 94.1 Å². The van der Waals surface area contributed by atoms with Gasteiger partial charge in [0.15, 0.2) is 0 Å². The maximum atomic E-state index is 10.7. The van der Waals surface area contributed by atoms with E-state index in [4.69, 9.17) is 10.2 Å². The van der Waals surface area contributed by atoms with Crippen molar-refractivity contribution in [3.63, 3.8) is 0 Å². The van der Waals surface area contributed by atoms with Gasteiger partial charge in [0, 0.05) is 4.90 Å². The molecule has 0 radical (unpaired) electrons. The molecular weight excluding hydrogens is 236 g/mol. The largest absolute Gasteiger partial charge is 0.478 e. The molecule has 0 aliphatic carbocycles. The smallest absolute Gasteiger partial charge is 0.335 e. The molecule has 2 N–H and O–H groups in total. The first-order chi connectivity index (χ1) is 7.04. The maximum Gasteiger partial charge on any atom is 0.335 e. The first-order valence-electron chi connectivity index (χ1n) is 3.87. The molecule has 0 aliphatic rings. The van der Waals surface area contributed by atoms with Crippen molar-refractivity contribution >= 4 is 33.5 Å². The Bertz CT molecular complexity index is 371. The van der Waals surface area contributed by atoms with Crippen molar-refractivity contribution in [1.82, 2.24) is 0 Å². The molecule has 0 aromatic heterocycles. The van der Waals surface area contributed by atoms with Gasteiger partial charge in [-0.15, -0.1) is 0 Å². The third-order valence-corrected chi connectivity index (χ3v) is 3.25. The highest BCUT2D eigenvalue weighted by Crippen LogP contribution is 2.30. The van der Waals surface area contributed by atoms with Crippen molar-refractivity contribution in [3.8, 4) is 0 Å². The summed E-state index contributed by atoms with van der Waals surface area (Å²) >= 11 is 0. The molecule has 0 saturated heterocycles. The molecule has 0 saturated carbocycles. The molecule has 0 aliphatic heterocycles. The van der Waals surface area contributed by atoms with E-state index in [9.17, 15) is 9.59 Å². The molecule has 80 valence electrons. The minimum Gasteiger partial charge on any atom is -0.478 e. The van der Waals surface area contributed by atoms with Crippen LogP contribution in [0.5, 0.6) is 0 Å². The van der Waals surface area contributed by atoms with Crippen molar-refractivity contribution < 1.29 is 19.8 Å². The van der Waals surface area contributed by atoms with Crippen LogP contribution in [0.4, 0.5) is 0 Å². The van der Waals surface area contributed by atoms with E-state index in [2.05, 4.69) is 0 Å². The molecule has 0 fully saturated rings. The van der Waals surface area contributed by atoms with Gasteiger partial charge < -0.3 is 10.2 Å². The molecule has 4 nitrogen and oxygen atoms in total. The fourth-order valence-electron chi connectivity index (χ4n) is 0.990. The Balaban J connectivity index is 3.19. The third kappa shape index (κ3) is 3.17. The van der Waals surface area contributed by atoms with Crippen LogP contribution in [0.3, 0.4) is 0 Å². The van der Waals surface area contributed by atoms with Gasteiger partial charge in [0.25, 0.3) is 0 Å². The average molecular weight is 244 g/mol. The first-order valence-corrected chi connectivity index (χ1v) is 6.42. The van der Waals surface area contributed by atoms with Crippen molar-refractivity contribution in [3.05, 3.63) is 29.3 Å². The lowest BCUT2D eigenvalue weighted by Gasteiger charge is -2.02. The van der Waals surface area contributed by atoms with Gasteiger partial charge in [-0.2, -0.15) is 0 Å². The Hall–Kier alpha value is -1.14. The lowest BCUT2D eigenvalue weighted by Crippen LogP contribution is -2.02. The predicted molar refractivity (Wildman–Crippen MR) is 59.7 cm³/mol. The molecule has 1 aromatic carbocycles. The molecular formula is C9H8O4S2.